The summed E-state index contributed by atoms with van der Waals surface area (Å²) >= 11 is 0. The minimum absolute atomic E-state index is 0.0847. The van der Waals surface area contributed by atoms with Crippen LogP contribution in [0.1, 0.15) is 57.3 Å². The van der Waals surface area contributed by atoms with Crippen molar-refractivity contribution in [1.29, 1.82) is 0 Å². The third-order valence-corrected chi connectivity index (χ3v) is 6.62. The number of benzene rings is 3. The van der Waals surface area contributed by atoms with Crippen LogP contribution in [0.3, 0.4) is 0 Å². The molecule has 1 unspecified atom stereocenters. The van der Waals surface area contributed by atoms with Crippen LogP contribution in [0.25, 0.3) is 0 Å². The number of hydrogen-bond acceptors (Lipinski definition) is 3. The van der Waals surface area contributed by atoms with E-state index in [1.54, 1.807) is 0 Å². The van der Waals surface area contributed by atoms with E-state index in [1.807, 2.05) is 0 Å². The van der Waals surface area contributed by atoms with Crippen LogP contribution in [0.2, 0.25) is 0 Å². The van der Waals surface area contributed by atoms with Gasteiger partial charge in [0.15, 0.2) is 0 Å². The first-order chi connectivity index (χ1) is 20.5. The molecule has 0 fully saturated rings. The van der Waals surface area contributed by atoms with E-state index >= 15 is 4.39 Å². The van der Waals surface area contributed by atoms with Gasteiger partial charge in [0.1, 0.15) is 5.82 Å². The van der Waals surface area contributed by atoms with Crippen LogP contribution >= 0.6 is 0 Å². The molecule has 46 heavy (non-hydrogen) atoms. The summed E-state index contributed by atoms with van der Waals surface area (Å²) in [7, 11) is -3.24. The third kappa shape index (κ3) is 8.06. The molecule has 3 aromatic carbocycles. The van der Waals surface area contributed by atoms with Gasteiger partial charge in [-0.05, 0) is 66.6 Å². The van der Waals surface area contributed by atoms with Gasteiger partial charge in [0.25, 0.3) is 0 Å². The molecule has 3 aromatic rings. The Morgan fingerprint density at radius 1 is 0.522 bits per heavy atom. The normalized spacial score (nSPS) is 14.9. The van der Waals surface area contributed by atoms with Gasteiger partial charge in [-0.3, -0.25) is 0 Å². The Morgan fingerprint density at radius 3 is 1.11 bits per heavy atom. The topological polar surface area (TPSA) is 49.7 Å². The molecule has 0 aromatic heterocycles. The zero-order chi connectivity index (χ0) is 35.4. The summed E-state index contributed by atoms with van der Waals surface area (Å²) < 4.78 is 225. The van der Waals surface area contributed by atoms with E-state index in [1.165, 1.54) is 0 Å². The van der Waals surface area contributed by atoms with Crippen molar-refractivity contribution >= 4 is 7.32 Å². The van der Waals surface area contributed by atoms with Gasteiger partial charge >= 0.3 is 38.2 Å². The van der Waals surface area contributed by atoms with Crippen molar-refractivity contribution in [3.63, 3.8) is 0 Å². The fourth-order valence-corrected chi connectivity index (χ4v) is 4.72. The molecule has 0 aliphatic rings. The molecule has 1 atom stereocenters. The average Bonchev–Trinajstić information content (AvgIpc) is 2.85. The highest BCUT2D eigenvalue weighted by molar-refractivity contribution is 6.32. The summed E-state index contributed by atoms with van der Waals surface area (Å²) in [6.07, 6.45) is -27.9. The molecule has 0 amide bonds. The molecular formula is C26H15BF16O3. The van der Waals surface area contributed by atoms with E-state index in [0.29, 0.717) is 6.92 Å². The highest BCUT2D eigenvalue weighted by atomic mass is 19.4. The van der Waals surface area contributed by atoms with Crippen LogP contribution in [0.4, 0.5) is 70.2 Å². The van der Waals surface area contributed by atoms with Crippen LogP contribution in [0.15, 0.2) is 54.6 Å². The van der Waals surface area contributed by atoms with Crippen LogP contribution < -0.4 is 0 Å². The Morgan fingerprint density at radius 2 is 0.848 bits per heavy atom. The molecule has 252 valence electrons. The molecule has 0 aliphatic heterocycles. The van der Waals surface area contributed by atoms with E-state index in [0.717, 1.165) is 0 Å². The molecule has 0 heterocycles. The lowest BCUT2D eigenvalue weighted by Crippen LogP contribution is -2.41. The molecule has 0 saturated heterocycles. The second-order valence-corrected chi connectivity index (χ2v) is 9.86. The van der Waals surface area contributed by atoms with Crippen LogP contribution in [-0.4, -0.2) is 17.4 Å². The fraction of sp³-hybridized carbons (Fsp3) is 0.308. The first-order valence-electron chi connectivity index (χ1n) is 12.0. The average molecular weight is 690 g/mol. The van der Waals surface area contributed by atoms with Crippen molar-refractivity contribution in [2.24, 2.45) is 0 Å². The smallest absolute Gasteiger partial charge is 0.402 e. The largest absolute Gasteiger partial charge is 0.634 e. The van der Waals surface area contributed by atoms with Gasteiger partial charge < -0.3 is 14.7 Å². The SMILES string of the molecule is CC(OB(O)O)(c1ccc(C(F)(F)F)cc1F)C(c1cc(C(F)(F)F)cc(C(F)(F)F)c1)c1cc(C(F)(F)F)cc(C(F)(F)F)c1. The van der Waals surface area contributed by atoms with Crippen molar-refractivity contribution < 1.29 is 84.9 Å². The van der Waals surface area contributed by atoms with E-state index in [-0.39, 0.29) is 42.5 Å². The van der Waals surface area contributed by atoms with Gasteiger partial charge in [0.05, 0.1) is 33.4 Å². The van der Waals surface area contributed by atoms with Crippen molar-refractivity contribution in [3.05, 3.63) is 105 Å². The van der Waals surface area contributed by atoms with E-state index in [4.69, 9.17) is 4.65 Å². The summed E-state index contributed by atoms with van der Waals surface area (Å²) in [5.41, 5.74) is -18.0. The Bertz CT molecular complexity index is 1430. The lowest BCUT2D eigenvalue weighted by atomic mass is 9.72. The Hall–Kier alpha value is -3.52. The summed E-state index contributed by atoms with van der Waals surface area (Å²) in [4.78, 5) is 0. The Labute approximate surface area is 247 Å². The standard InChI is InChI=1S/C26H15BF16O3/c1-21(46-27(44)45,18-3-2-13(10-19(18)28)22(29,30)31)20(11-4-14(23(32,33)34)8-15(5-11)24(35,36)37)12-6-16(25(38,39)40)9-17(7-12)26(41,42)43/h2-10,20,44-45H,1H3. The van der Waals surface area contributed by atoms with Gasteiger partial charge in [0, 0.05) is 11.5 Å². The monoisotopic (exact) mass is 690 g/mol. The van der Waals surface area contributed by atoms with Gasteiger partial charge in [-0.1, -0.05) is 6.07 Å². The zero-order valence-electron chi connectivity index (χ0n) is 22.2. The third-order valence-electron chi connectivity index (χ3n) is 6.62. The van der Waals surface area contributed by atoms with Crippen molar-refractivity contribution in [2.75, 3.05) is 0 Å². The number of halogens is 16. The second-order valence-electron chi connectivity index (χ2n) is 9.86. The molecule has 0 aliphatic carbocycles. The zero-order valence-corrected chi connectivity index (χ0v) is 22.2. The molecule has 0 saturated carbocycles. The van der Waals surface area contributed by atoms with Crippen LogP contribution in [0.5, 0.6) is 0 Å². The van der Waals surface area contributed by atoms with E-state index in [9.17, 15) is 75.9 Å². The Balaban J connectivity index is 2.62. The van der Waals surface area contributed by atoms with Gasteiger partial charge in [-0.2, -0.15) is 65.9 Å². The summed E-state index contributed by atoms with van der Waals surface area (Å²) in [6.45, 7) is 0.393. The summed E-state index contributed by atoms with van der Waals surface area (Å²) in [6, 6.07) is -1.63. The maximum Gasteiger partial charge on any atom is 0.634 e. The summed E-state index contributed by atoms with van der Waals surface area (Å²) in [5, 5.41) is 19.2. The fourth-order valence-electron chi connectivity index (χ4n) is 4.72. The first kappa shape index (κ1) is 36.9. The van der Waals surface area contributed by atoms with Gasteiger partial charge in [0.2, 0.25) is 0 Å². The predicted octanol–water partition coefficient (Wildman–Crippen LogP) is 8.95. The highest BCUT2D eigenvalue weighted by Gasteiger charge is 2.48. The molecule has 20 heteroatoms. The van der Waals surface area contributed by atoms with Gasteiger partial charge in [-0.15, -0.1) is 0 Å². The molecular weight excluding hydrogens is 675 g/mol. The number of hydrogen-bond donors (Lipinski definition) is 2. The predicted molar refractivity (Wildman–Crippen MR) is 125 cm³/mol. The summed E-state index contributed by atoms with van der Waals surface area (Å²) in [5.74, 6) is -4.93. The van der Waals surface area contributed by atoms with E-state index in [2.05, 4.69) is 0 Å². The molecule has 3 nitrogen and oxygen atoms in total. The van der Waals surface area contributed by atoms with Crippen molar-refractivity contribution in [3.8, 4) is 0 Å². The minimum atomic E-state index is -5.65. The van der Waals surface area contributed by atoms with Crippen molar-refractivity contribution in [2.45, 2.75) is 49.3 Å². The number of rotatable bonds is 6. The maximum atomic E-state index is 15.3. The highest BCUT2D eigenvalue weighted by Crippen LogP contribution is 2.50. The molecule has 0 bridgehead atoms. The molecule has 3 rings (SSSR count). The van der Waals surface area contributed by atoms with Crippen molar-refractivity contribution in [1.82, 2.24) is 0 Å². The van der Waals surface area contributed by atoms with Crippen LogP contribution in [-0.2, 0) is 41.1 Å². The molecule has 0 spiro atoms. The quantitative estimate of drug-likeness (QED) is 0.201. The first-order valence-corrected chi connectivity index (χ1v) is 12.0. The lowest BCUT2D eigenvalue weighted by molar-refractivity contribution is -0.144. The Kier molecular flexibility index (Phi) is 9.58. The van der Waals surface area contributed by atoms with Crippen LogP contribution in [0, 0.1) is 5.82 Å². The maximum absolute atomic E-state index is 15.3. The van der Waals surface area contributed by atoms with E-state index < -0.39 is 112 Å². The number of alkyl halides is 15. The molecule has 2 N–H and O–H groups in total. The minimum Gasteiger partial charge on any atom is -0.402 e. The second kappa shape index (κ2) is 11.9. The van der Waals surface area contributed by atoms with Gasteiger partial charge in [-0.25, -0.2) is 4.39 Å². The molecule has 0 radical (unpaired) electrons. The lowest BCUT2D eigenvalue weighted by Gasteiger charge is -2.40.